The van der Waals surface area contributed by atoms with Crippen LogP contribution in [0.25, 0.3) is 0 Å². The molecule has 1 heterocycles. The Kier molecular flexibility index (Phi) is 6.47. The smallest absolute Gasteiger partial charge is 0.234 e. The number of nitrogens with one attached hydrogen (secondary N) is 1. The van der Waals surface area contributed by atoms with Crippen molar-refractivity contribution in [2.24, 2.45) is 0 Å². The van der Waals surface area contributed by atoms with Gasteiger partial charge in [-0.05, 0) is 39.5 Å². The first-order chi connectivity index (χ1) is 8.17. The summed E-state index contributed by atoms with van der Waals surface area (Å²) in [5.41, 5.74) is 0. The topological polar surface area (TPSA) is 55.8 Å². The molecule has 1 aliphatic heterocycles. The van der Waals surface area contributed by atoms with E-state index in [1.54, 1.807) is 0 Å². The van der Waals surface area contributed by atoms with Crippen molar-refractivity contribution in [2.75, 3.05) is 46.4 Å². The number of carbonyl (C=O) groups is 1. The van der Waals surface area contributed by atoms with Gasteiger partial charge in [0.2, 0.25) is 5.91 Å². The Morgan fingerprint density at radius 2 is 2.12 bits per heavy atom. The van der Waals surface area contributed by atoms with E-state index in [1.807, 2.05) is 7.05 Å². The largest absolute Gasteiger partial charge is 0.395 e. The van der Waals surface area contributed by atoms with Gasteiger partial charge in [-0.1, -0.05) is 6.92 Å². The predicted molar refractivity (Wildman–Crippen MR) is 67.9 cm³/mol. The lowest BCUT2D eigenvalue weighted by Gasteiger charge is -2.35. The first kappa shape index (κ1) is 14.4. The summed E-state index contributed by atoms with van der Waals surface area (Å²) in [5, 5.41) is 11.3. The van der Waals surface area contributed by atoms with Gasteiger partial charge >= 0.3 is 0 Å². The van der Waals surface area contributed by atoms with Crippen LogP contribution in [0.15, 0.2) is 0 Å². The van der Waals surface area contributed by atoms with Gasteiger partial charge in [-0.25, -0.2) is 0 Å². The number of hydrogen-bond acceptors (Lipinski definition) is 4. The highest BCUT2D eigenvalue weighted by Gasteiger charge is 2.22. The average Bonchev–Trinajstić information content (AvgIpc) is 2.36. The van der Waals surface area contributed by atoms with Gasteiger partial charge in [-0.3, -0.25) is 9.69 Å². The third kappa shape index (κ3) is 5.02. The molecule has 0 aromatic carbocycles. The molecule has 0 spiro atoms. The van der Waals surface area contributed by atoms with E-state index in [0.29, 0.717) is 19.1 Å². The van der Waals surface area contributed by atoms with Gasteiger partial charge in [-0.2, -0.15) is 0 Å². The summed E-state index contributed by atoms with van der Waals surface area (Å²) in [7, 11) is 2.00. The number of hydrogen-bond donors (Lipinski definition) is 2. The van der Waals surface area contributed by atoms with Crippen LogP contribution in [-0.2, 0) is 4.79 Å². The molecule has 0 atom stereocenters. The number of amides is 1. The maximum Gasteiger partial charge on any atom is 0.234 e. The van der Waals surface area contributed by atoms with Gasteiger partial charge in [0.1, 0.15) is 0 Å². The second kappa shape index (κ2) is 7.63. The van der Waals surface area contributed by atoms with Crippen molar-refractivity contribution in [1.29, 1.82) is 0 Å². The maximum absolute atomic E-state index is 11.5. The maximum atomic E-state index is 11.5. The van der Waals surface area contributed by atoms with Crippen molar-refractivity contribution in [3.8, 4) is 0 Å². The minimum absolute atomic E-state index is 0.000490. The van der Waals surface area contributed by atoms with Crippen molar-refractivity contribution >= 4 is 5.91 Å². The molecule has 100 valence electrons. The predicted octanol–water partition coefficient (Wildman–Crippen LogP) is -0.489. The molecule has 5 heteroatoms. The molecule has 1 saturated heterocycles. The number of aliphatic hydroxyl groups excluding tert-OH is 1. The number of nitrogens with zero attached hydrogens (tertiary/aromatic N) is 2. The first-order valence-corrected chi connectivity index (χ1v) is 6.47. The summed E-state index contributed by atoms with van der Waals surface area (Å²) in [4.78, 5) is 16.1. The lowest BCUT2D eigenvalue weighted by Crippen LogP contribution is -2.46. The highest BCUT2D eigenvalue weighted by molar-refractivity contribution is 5.77. The van der Waals surface area contributed by atoms with Crippen LogP contribution >= 0.6 is 0 Å². The zero-order valence-corrected chi connectivity index (χ0v) is 11.0. The van der Waals surface area contributed by atoms with Crippen molar-refractivity contribution in [1.82, 2.24) is 15.1 Å². The number of likely N-dealkylation sites (N-methyl/N-ethyl adjacent to an activating group) is 1. The van der Waals surface area contributed by atoms with Gasteiger partial charge in [0.25, 0.3) is 0 Å². The number of rotatable bonds is 6. The summed E-state index contributed by atoms with van der Waals surface area (Å²) >= 11 is 0. The molecular weight excluding hydrogens is 218 g/mol. The Morgan fingerprint density at radius 3 is 2.65 bits per heavy atom. The van der Waals surface area contributed by atoms with Crippen molar-refractivity contribution in [3.63, 3.8) is 0 Å². The van der Waals surface area contributed by atoms with E-state index < -0.39 is 0 Å². The highest BCUT2D eigenvalue weighted by atomic mass is 16.3. The first-order valence-electron chi connectivity index (χ1n) is 6.47. The van der Waals surface area contributed by atoms with E-state index in [0.717, 1.165) is 32.5 Å². The highest BCUT2D eigenvalue weighted by Crippen LogP contribution is 2.14. The molecule has 1 aliphatic rings. The number of piperidine rings is 1. The Balaban J connectivity index is 2.24. The van der Waals surface area contributed by atoms with Crippen molar-refractivity contribution in [2.45, 2.75) is 25.8 Å². The molecule has 5 nitrogen and oxygen atoms in total. The average molecular weight is 243 g/mol. The lowest BCUT2D eigenvalue weighted by molar-refractivity contribution is -0.122. The normalized spacial score (nSPS) is 18.6. The summed E-state index contributed by atoms with van der Waals surface area (Å²) in [6.07, 6.45) is 2.27. The van der Waals surface area contributed by atoms with E-state index in [1.165, 1.54) is 0 Å². The van der Waals surface area contributed by atoms with Gasteiger partial charge in [0, 0.05) is 12.6 Å². The summed E-state index contributed by atoms with van der Waals surface area (Å²) in [6.45, 7) is 6.34. The molecular formula is C12H25N3O2. The molecule has 0 unspecified atom stereocenters. The molecule has 2 N–H and O–H groups in total. The fourth-order valence-electron chi connectivity index (χ4n) is 2.28. The van der Waals surface area contributed by atoms with E-state index >= 15 is 0 Å². The van der Waals surface area contributed by atoms with Gasteiger partial charge in [-0.15, -0.1) is 0 Å². The Morgan fingerprint density at radius 1 is 1.47 bits per heavy atom. The second-order valence-electron chi connectivity index (χ2n) is 4.65. The number of aliphatic hydroxyl groups is 1. The molecule has 0 radical (unpaired) electrons. The van der Waals surface area contributed by atoms with E-state index in [-0.39, 0.29) is 12.5 Å². The lowest BCUT2D eigenvalue weighted by atomic mass is 10.0. The Bertz CT molecular complexity index is 228. The third-order valence-electron chi connectivity index (χ3n) is 3.45. The van der Waals surface area contributed by atoms with Gasteiger partial charge < -0.3 is 15.3 Å². The van der Waals surface area contributed by atoms with Crippen molar-refractivity contribution < 1.29 is 9.90 Å². The molecule has 1 amide bonds. The van der Waals surface area contributed by atoms with Crippen LogP contribution in [0.4, 0.5) is 0 Å². The van der Waals surface area contributed by atoms with Crippen LogP contribution < -0.4 is 5.32 Å². The van der Waals surface area contributed by atoms with Crippen LogP contribution in [0.1, 0.15) is 19.8 Å². The number of carbonyl (C=O) groups excluding carboxylic acids is 1. The molecule has 1 fully saturated rings. The quantitative estimate of drug-likeness (QED) is 0.661. The monoisotopic (exact) mass is 243 g/mol. The molecule has 0 bridgehead atoms. The minimum Gasteiger partial charge on any atom is -0.395 e. The zero-order valence-electron chi connectivity index (χ0n) is 11.0. The number of likely N-dealkylation sites (tertiary alicyclic amines) is 1. The summed E-state index contributed by atoms with van der Waals surface area (Å²) in [6, 6.07) is 0.512. The summed E-state index contributed by atoms with van der Waals surface area (Å²) < 4.78 is 0. The third-order valence-corrected chi connectivity index (χ3v) is 3.45. The standard InChI is InChI=1S/C12H25N3O2/c1-3-15-7-4-11(5-8-15)14(2)10-12(17)13-6-9-16/h11,16H,3-10H2,1-2H3,(H,13,17). The molecule has 0 aliphatic carbocycles. The second-order valence-corrected chi connectivity index (χ2v) is 4.65. The molecule has 1 rings (SSSR count). The van der Waals surface area contributed by atoms with Crippen LogP contribution in [-0.4, -0.2) is 73.2 Å². The van der Waals surface area contributed by atoms with E-state index in [9.17, 15) is 4.79 Å². The minimum atomic E-state index is -0.000490. The Labute approximate surface area is 104 Å². The Hall–Kier alpha value is -0.650. The molecule has 0 aromatic rings. The summed E-state index contributed by atoms with van der Waals surface area (Å²) in [5.74, 6) is -0.000490. The van der Waals surface area contributed by atoms with Crippen LogP contribution in [0.2, 0.25) is 0 Å². The van der Waals surface area contributed by atoms with Gasteiger partial charge in [0.05, 0.1) is 13.2 Å². The van der Waals surface area contributed by atoms with E-state index in [2.05, 4.69) is 22.0 Å². The molecule has 0 aromatic heterocycles. The van der Waals surface area contributed by atoms with Crippen molar-refractivity contribution in [3.05, 3.63) is 0 Å². The fraction of sp³-hybridized carbons (Fsp3) is 0.917. The molecule has 0 saturated carbocycles. The zero-order chi connectivity index (χ0) is 12.7. The van der Waals surface area contributed by atoms with Crippen LogP contribution in [0.3, 0.4) is 0 Å². The fourth-order valence-corrected chi connectivity index (χ4v) is 2.28. The SMILES string of the molecule is CCN1CCC(N(C)CC(=O)NCCO)CC1. The van der Waals surface area contributed by atoms with E-state index in [4.69, 9.17) is 5.11 Å². The molecule has 17 heavy (non-hydrogen) atoms. The van der Waals surface area contributed by atoms with Crippen LogP contribution in [0, 0.1) is 0 Å². The van der Waals surface area contributed by atoms with Gasteiger partial charge in [0.15, 0.2) is 0 Å². The van der Waals surface area contributed by atoms with Crippen LogP contribution in [0.5, 0.6) is 0 Å².